The Morgan fingerprint density at radius 1 is 1.13 bits per heavy atom. The summed E-state index contributed by atoms with van der Waals surface area (Å²) in [7, 11) is 1.47. The third-order valence-electron chi connectivity index (χ3n) is 3.11. The van der Waals surface area contributed by atoms with E-state index < -0.39 is 29.4 Å². The number of carbonyl (C=O) groups excluding carboxylic acids is 2. The number of amides is 2. The minimum Gasteiger partial charge on any atom is -0.481 e. The molecule has 2 amide bonds. The van der Waals surface area contributed by atoms with Gasteiger partial charge in [-0.25, -0.2) is 0 Å². The summed E-state index contributed by atoms with van der Waals surface area (Å²) in [5.41, 5.74) is -0.449. The average molecular weight is 330 g/mol. The Morgan fingerprint density at radius 2 is 1.70 bits per heavy atom. The zero-order chi connectivity index (χ0) is 18.2. The van der Waals surface area contributed by atoms with Crippen LogP contribution in [0.1, 0.15) is 47.5 Å². The van der Waals surface area contributed by atoms with E-state index >= 15 is 0 Å². The summed E-state index contributed by atoms with van der Waals surface area (Å²) in [5, 5.41) is 14.1. The fourth-order valence-corrected chi connectivity index (χ4v) is 2.04. The molecule has 0 spiro atoms. The van der Waals surface area contributed by atoms with Crippen LogP contribution in [0.25, 0.3) is 0 Å². The number of carboxylic acid groups (broad SMARTS) is 1. The first-order chi connectivity index (χ1) is 10.5. The molecule has 0 saturated carbocycles. The van der Waals surface area contributed by atoms with Crippen LogP contribution in [0.15, 0.2) is 0 Å². The van der Waals surface area contributed by atoms with Crippen LogP contribution in [-0.4, -0.2) is 48.2 Å². The van der Waals surface area contributed by atoms with Gasteiger partial charge >= 0.3 is 5.97 Å². The molecule has 0 fully saturated rings. The molecule has 7 heteroatoms. The average Bonchev–Trinajstić information content (AvgIpc) is 2.39. The van der Waals surface area contributed by atoms with E-state index in [2.05, 4.69) is 10.6 Å². The Labute approximate surface area is 138 Å². The van der Waals surface area contributed by atoms with E-state index in [0.29, 0.717) is 6.42 Å². The highest BCUT2D eigenvalue weighted by atomic mass is 16.5. The van der Waals surface area contributed by atoms with Gasteiger partial charge in [-0.2, -0.15) is 0 Å². The SMILES string of the molecule is CNC(=O)[C@@H](COC(C)(C)C)NC(=O)[C@@H](CC(=O)O)CC(C)C. The lowest BCUT2D eigenvalue weighted by atomic mass is 9.93. The van der Waals surface area contributed by atoms with Crippen molar-refractivity contribution in [2.75, 3.05) is 13.7 Å². The van der Waals surface area contributed by atoms with Crippen molar-refractivity contribution in [1.82, 2.24) is 10.6 Å². The Hall–Kier alpha value is -1.63. The number of hydrogen-bond donors (Lipinski definition) is 3. The van der Waals surface area contributed by atoms with Gasteiger partial charge in [0.25, 0.3) is 0 Å². The van der Waals surface area contributed by atoms with Crippen LogP contribution >= 0.6 is 0 Å². The van der Waals surface area contributed by atoms with E-state index in [1.54, 1.807) is 0 Å². The molecule has 0 aliphatic heterocycles. The molecule has 7 nitrogen and oxygen atoms in total. The number of nitrogens with one attached hydrogen (secondary N) is 2. The molecule has 23 heavy (non-hydrogen) atoms. The summed E-state index contributed by atoms with van der Waals surface area (Å²) in [6.07, 6.45) is 0.184. The summed E-state index contributed by atoms with van der Waals surface area (Å²) in [5.74, 6) is -2.34. The quantitative estimate of drug-likeness (QED) is 0.588. The topological polar surface area (TPSA) is 105 Å². The molecule has 0 bridgehead atoms. The Balaban J connectivity index is 4.94. The van der Waals surface area contributed by atoms with Crippen molar-refractivity contribution in [3.63, 3.8) is 0 Å². The van der Waals surface area contributed by atoms with Gasteiger partial charge in [0.15, 0.2) is 0 Å². The zero-order valence-corrected chi connectivity index (χ0v) is 14.9. The van der Waals surface area contributed by atoms with Gasteiger partial charge in [-0.3, -0.25) is 14.4 Å². The van der Waals surface area contributed by atoms with Gasteiger partial charge in [0.1, 0.15) is 6.04 Å². The molecule has 2 atom stereocenters. The van der Waals surface area contributed by atoms with E-state index in [1.807, 2.05) is 34.6 Å². The van der Waals surface area contributed by atoms with Crippen molar-refractivity contribution in [1.29, 1.82) is 0 Å². The smallest absolute Gasteiger partial charge is 0.304 e. The molecular weight excluding hydrogens is 300 g/mol. The first kappa shape index (κ1) is 21.4. The molecule has 0 aliphatic carbocycles. The lowest BCUT2D eigenvalue weighted by molar-refractivity contribution is -0.142. The van der Waals surface area contributed by atoms with Crippen molar-refractivity contribution in [2.24, 2.45) is 11.8 Å². The van der Waals surface area contributed by atoms with Gasteiger partial charge in [0, 0.05) is 13.0 Å². The van der Waals surface area contributed by atoms with Gasteiger partial charge in [-0.15, -0.1) is 0 Å². The standard InChI is InChI=1S/C16H30N2O5/c1-10(2)7-11(8-13(19)20)14(21)18-12(15(22)17-6)9-23-16(3,4)5/h10-12H,7-9H2,1-6H3,(H,17,22)(H,18,21)(H,19,20)/t11-,12-/m1/s1. The lowest BCUT2D eigenvalue weighted by Crippen LogP contribution is -2.51. The second-order valence-electron chi connectivity index (χ2n) is 7.02. The van der Waals surface area contributed by atoms with E-state index in [-0.39, 0.29) is 24.9 Å². The van der Waals surface area contributed by atoms with Gasteiger partial charge in [-0.1, -0.05) is 13.8 Å². The molecule has 0 radical (unpaired) electrons. The first-order valence-electron chi connectivity index (χ1n) is 7.84. The molecule has 134 valence electrons. The largest absolute Gasteiger partial charge is 0.481 e. The third kappa shape index (κ3) is 9.89. The minimum absolute atomic E-state index is 0.0242. The van der Waals surface area contributed by atoms with Crippen molar-refractivity contribution < 1.29 is 24.2 Å². The van der Waals surface area contributed by atoms with E-state index in [0.717, 1.165) is 0 Å². The Morgan fingerprint density at radius 3 is 2.09 bits per heavy atom. The normalized spacial score (nSPS) is 14.2. The fraction of sp³-hybridized carbons (Fsp3) is 0.812. The first-order valence-corrected chi connectivity index (χ1v) is 7.84. The number of ether oxygens (including phenoxy) is 1. The van der Waals surface area contributed by atoms with Crippen molar-refractivity contribution >= 4 is 17.8 Å². The second-order valence-corrected chi connectivity index (χ2v) is 7.02. The van der Waals surface area contributed by atoms with Crippen LogP contribution in [0.3, 0.4) is 0 Å². The monoisotopic (exact) mass is 330 g/mol. The molecule has 0 aromatic carbocycles. The molecule has 0 aromatic heterocycles. The maximum atomic E-state index is 12.4. The molecule has 0 aliphatic rings. The van der Waals surface area contributed by atoms with Crippen LogP contribution in [0, 0.1) is 11.8 Å². The number of aliphatic carboxylic acids is 1. The molecule has 0 unspecified atom stereocenters. The van der Waals surface area contributed by atoms with E-state index in [1.165, 1.54) is 7.05 Å². The Bertz CT molecular complexity index is 415. The number of hydrogen-bond acceptors (Lipinski definition) is 4. The maximum Gasteiger partial charge on any atom is 0.304 e. The molecular formula is C16H30N2O5. The van der Waals surface area contributed by atoms with Crippen LogP contribution in [-0.2, 0) is 19.1 Å². The fourth-order valence-electron chi connectivity index (χ4n) is 2.04. The lowest BCUT2D eigenvalue weighted by Gasteiger charge is -2.26. The van der Waals surface area contributed by atoms with Gasteiger partial charge in [0.2, 0.25) is 11.8 Å². The highest BCUT2D eigenvalue weighted by molar-refractivity contribution is 5.89. The number of carboxylic acids is 1. The summed E-state index contributed by atoms with van der Waals surface area (Å²) >= 11 is 0. The number of likely N-dealkylation sites (N-methyl/N-ethyl adjacent to an activating group) is 1. The van der Waals surface area contributed by atoms with Crippen molar-refractivity contribution in [3.05, 3.63) is 0 Å². The van der Waals surface area contributed by atoms with Crippen molar-refractivity contribution in [3.8, 4) is 0 Å². The molecule has 0 aromatic rings. The molecule has 0 heterocycles. The summed E-state index contributed by atoms with van der Waals surface area (Å²) in [6.45, 7) is 9.41. The Kier molecular flexibility index (Phi) is 8.82. The summed E-state index contributed by atoms with van der Waals surface area (Å²) in [4.78, 5) is 35.2. The zero-order valence-electron chi connectivity index (χ0n) is 14.9. The molecule has 3 N–H and O–H groups in total. The predicted molar refractivity (Wildman–Crippen MR) is 86.9 cm³/mol. The third-order valence-corrected chi connectivity index (χ3v) is 3.11. The van der Waals surface area contributed by atoms with Crippen LogP contribution in [0.4, 0.5) is 0 Å². The van der Waals surface area contributed by atoms with Gasteiger partial charge in [0.05, 0.1) is 18.6 Å². The van der Waals surface area contributed by atoms with Crippen LogP contribution < -0.4 is 10.6 Å². The highest BCUT2D eigenvalue weighted by Gasteiger charge is 2.28. The highest BCUT2D eigenvalue weighted by Crippen LogP contribution is 2.16. The summed E-state index contributed by atoms with van der Waals surface area (Å²) in [6, 6.07) is -0.852. The van der Waals surface area contributed by atoms with Crippen LogP contribution in [0.2, 0.25) is 0 Å². The summed E-state index contributed by atoms with van der Waals surface area (Å²) < 4.78 is 5.57. The van der Waals surface area contributed by atoms with E-state index in [9.17, 15) is 14.4 Å². The predicted octanol–water partition coefficient (Wildman–Crippen LogP) is 1.17. The van der Waals surface area contributed by atoms with Crippen molar-refractivity contribution in [2.45, 2.75) is 59.1 Å². The van der Waals surface area contributed by atoms with E-state index in [4.69, 9.17) is 9.84 Å². The second kappa shape index (κ2) is 9.50. The number of rotatable bonds is 9. The maximum absolute atomic E-state index is 12.4. The molecule has 0 saturated heterocycles. The van der Waals surface area contributed by atoms with Gasteiger partial charge in [-0.05, 0) is 33.1 Å². The van der Waals surface area contributed by atoms with Gasteiger partial charge < -0.3 is 20.5 Å². The molecule has 0 rings (SSSR count). The van der Waals surface area contributed by atoms with Crippen LogP contribution in [0.5, 0.6) is 0 Å². The number of carbonyl (C=O) groups is 3. The minimum atomic E-state index is -1.03.